The zero-order chi connectivity index (χ0) is 14.0. The Hall–Kier alpha value is -2.63. The fourth-order valence-electron chi connectivity index (χ4n) is 1.82. The second kappa shape index (κ2) is 4.93. The molecule has 0 bridgehead atoms. The van der Waals surface area contributed by atoms with Gasteiger partial charge in [0.15, 0.2) is 0 Å². The third-order valence-electron chi connectivity index (χ3n) is 2.72. The molecule has 1 aromatic heterocycles. The number of aromatic carboxylic acids is 1. The van der Waals surface area contributed by atoms with Crippen LogP contribution in [-0.2, 0) is 6.54 Å². The zero-order valence-electron chi connectivity index (χ0n) is 10.3. The number of aryl methyl sites for hydroxylation is 1. The fourth-order valence-corrected chi connectivity index (χ4v) is 1.82. The first-order chi connectivity index (χ1) is 8.99. The number of hydrogen-bond donors (Lipinski definition) is 2. The van der Waals surface area contributed by atoms with Gasteiger partial charge in [-0.3, -0.25) is 4.79 Å². The molecule has 0 radical (unpaired) electrons. The highest BCUT2D eigenvalue weighted by molar-refractivity contribution is 5.95. The number of rotatable bonds is 3. The molecule has 0 saturated carbocycles. The van der Waals surface area contributed by atoms with Crippen LogP contribution in [0.3, 0.4) is 0 Å². The maximum Gasteiger partial charge on any atom is 0.338 e. The van der Waals surface area contributed by atoms with E-state index in [-0.39, 0.29) is 23.4 Å². The minimum Gasteiger partial charge on any atom is -0.478 e. The van der Waals surface area contributed by atoms with Gasteiger partial charge < -0.3 is 10.8 Å². The van der Waals surface area contributed by atoms with Crippen LogP contribution in [0, 0.1) is 6.92 Å². The molecule has 3 N–H and O–H groups in total. The standard InChI is InChI=1S/C13H13N3O3/c1-8-5-11(17)16(15-6-8)7-9-3-2-4-10(14)12(9)13(18)19/h2-6H,7,14H2,1H3,(H,18,19). The molecule has 0 fully saturated rings. The molecule has 0 amide bonds. The molecule has 2 rings (SSSR count). The average Bonchev–Trinajstić information content (AvgIpc) is 2.32. The van der Waals surface area contributed by atoms with Crippen molar-refractivity contribution in [3.8, 4) is 0 Å². The van der Waals surface area contributed by atoms with Gasteiger partial charge in [-0.1, -0.05) is 12.1 Å². The molecule has 1 heterocycles. The number of aromatic nitrogens is 2. The number of nitrogens with zero attached hydrogens (tertiary/aromatic N) is 2. The first kappa shape index (κ1) is 12.8. The normalized spacial score (nSPS) is 10.4. The lowest BCUT2D eigenvalue weighted by Crippen LogP contribution is -2.24. The average molecular weight is 259 g/mol. The lowest BCUT2D eigenvalue weighted by molar-refractivity contribution is 0.0696. The van der Waals surface area contributed by atoms with E-state index in [9.17, 15) is 9.59 Å². The molecule has 1 aromatic carbocycles. The number of benzene rings is 1. The Morgan fingerprint density at radius 1 is 1.47 bits per heavy atom. The Morgan fingerprint density at radius 3 is 2.84 bits per heavy atom. The van der Waals surface area contributed by atoms with Gasteiger partial charge in [0.25, 0.3) is 5.56 Å². The van der Waals surface area contributed by atoms with Gasteiger partial charge in [0.05, 0.1) is 18.3 Å². The Kier molecular flexibility index (Phi) is 3.33. The molecule has 0 aliphatic heterocycles. The van der Waals surface area contributed by atoms with Crippen molar-refractivity contribution in [2.75, 3.05) is 5.73 Å². The van der Waals surface area contributed by atoms with Crippen molar-refractivity contribution in [3.63, 3.8) is 0 Å². The molecule has 2 aromatic rings. The molecule has 6 nitrogen and oxygen atoms in total. The first-order valence-corrected chi connectivity index (χ1v) is 5.63. The number of carboxylic acid groups (broad SMARTS) is 1. The Labute approximate surface area is 109 Å². The Balaban J connectivity index is 2.47. The van der Waals surface area contributed by atoms with Crippen LogP contribution in [0.5, 0.6) is 0 Å². The highest BCUT2D eigenvalue weighted by atomic mass is 16.4. The molecule has 0 aliphatic carbocycles. The van der Waals surface area contributed by atoms with Gasteiger partial charge in [-0.05, 0) is 24.1 Å². The van der Waals surface area contributed by atoms with Crippen molar-refractivity contribution < 1.29 is 9.90 Å². The number of nitrogens with two attached hydrogens (primary N) is 1. The summed E-state index contributed by atoms with van der Waals surface area (Å²) < 4.78 is 1.20. The lowest BCUT2D eigenvalue weighted by atomic mass is 10.1. The van der Waals surface area contributed by atoms with Gasteiger partial charge in [-0.2, -0.15) is 5.10 Å². The summed E-state index contributed by atoms with van der Waals surface area (Å²) in [4.78, 5) is 22.9. The topological polar surface area (TPSA) is 98.2 Å². The van der Waals surface area contributed by atoms with E-state index in [0.29, 0.717) is 5.56 Å². The summed E-state index contributed by atoms with van der Waals surface area (Å²) in [5.41, 5.74) is 6.76. The number of anilines is 1. The molecule has 0 aliphatic rings. The molecule has 0 atom stereocenters. The smallest absolute Gasteiger partial charge is 0.338 e. The van der Waals surface area contributed by atoms with Gasteiger partial charge in [-0.25, -0.2) is 9.48 Å². The summed E-state index contributed by atoms with van der Waals surface area (Å²) in [5, 5.41) is 13.1. The van der Waals surface area contributed by atoms with Gasteiger partial charge in [0, 0.05) is 11.8 Å². The number of carboxylic acids is 1. The summed E-state index contributed by atoms with van der Waals surface area (Å²) >= 11 is 0. The van der Waals surface area contributed by atoms with Crippen LogP contribution in [0.15, 0.2) is 35.3 Å². The van der Waals surface area contributed by atoms with Crippen LogP contribution >= 0.6 is 0 Å². The van der Waals surface area contributed by atoms with Crippen LogP contribution in [-0.4, -0.2) is 20.9 Å². The highest BCUT2D eigenvalue weighted by Gasteiger charge is 2.14. The molecule has 0 saturated heterocycles. The number of nitrogen functional groups attached to an aromatic ring is 1. The van der Waals surface area contributed by atoms with E-state index in [0.717, 1.165) is 5.56 Å². The second-order valence-corrected chi connectivity index (χ2v) is 4.22. The van der Waals surface area contributed by atoms with E-state index in [1.54, 1.807) is 25.3 Å². The zero-order valence-corrected chi connectivity index (χ0v) is 10.3. The van der Waals surface area contributed by atoms with Crippen molar-refractivity contribution in [2.45, 2.75) is 13.5 Å². The van der Waals surface area contributed by atoms with E-state index in [1.165, 1.54) is 16.8 Å². The third kappa shape index (κ3) is 2.62. The molecule has 6 heteroatoms. The van der Waals surface area contributed by atoms with Crippen LogP contribution in [0.25, 0.3) is 0 Å². The Morgan fingerprint density at radius 2 is 2.21 bits per heavy atom. The molecule has 98 valence electrons. The SMILES string of the molecule is Cc1cnn(Cc2cccc(N)c2C(=O)O)c(=O)c1. The predicted octanol–water partition coefficient (Wildman–Crippen LogP) is 0.880. The van der Waals surface area contributed by atoms with Crippen LogP contribution in [0.2, 0.25) is 0 Å². The molecular weight excluding hydrogens is 246 g/mol. The molecule has 0 unspecified atom stereocenters. The van der Waals surface area contributed by atoms with E-state index in [2.05, 4.69) is 5.10 Å². The summed E-state index contributed by atoms with van der Waals surface area (Å²) in [6, 6.07) is 6.22. The van der Waals surface area contributed by atoms with Gasteiger partial charge >= 0.3 is 5.97 Å². The van der Waals surface area contributed by atoms with Crippen molar-refractivity contribution >= 4 is 11.7 Å². The van der Waals surface area contributed by atoms with E-state index in [1.807, 2.05) is 0 Å². The van der Waals surface area contributed by atoms with E-state index < -0.39 is 5.97 Å². The predicted molar refractivity (Wildman–Crippen MR) is 70.1 cm³/mol. The largest absolute Gasteiger partial charge is 0.478 e. The molecule has 19 heavy (non-hydrogen) atoms. The second-order valence-electron chi connectivity index (χ2n) is 4.22. The lowest BCUT2D eigenvalue weighted by Gasteiger charge is -2.09. The summed E-state index contributed by atoms with van der Waals surface area (Å²) in [6.45, 7) is 1.84. The summed E-state index contributed by atoms with van der Waals surface area (Å²) in [6.07, 6.45) is 1.55. The molecule has 0 spiro atoms. The van der Waals surface area contributed by atoms with Crippen molar-refractivity contribution in [1.82, 2.24) is 9.78 Å². The quantitative estimate of drug-likeness (QED) is 0.797. The van der Waals surface area contributed by atoms with Crippen LogP contribution < -0.4 is 11.3 Å². The number of hydrogen-bond acceptors (Lipinski definition) is 4. The first-order valence-electron chi connectivity index (χ1n) is 5.63. The van der Waals surface area contributed by atoms with Gasteiger partial charge in [0.1, 0.15) is 0 Å². The monoisotopic (exact) mass is 259 g/mol. The van der Waals surface area contributed by atoms with E-state index >= 15 is 0 Å². The maximum atomic E-state index is 11.7. The Bertz CT molecular complexity index is 692. The van der Waals surface area contributed by atoms with Crippen LogP contribution in [0.4, 0.5) is 5.69 Å². The molecular formula is C13H13N3O3. The minimum absolute atomic E-state index is 0.0109. The summed E-state index contributed by atoms with van der Waals surface area (Å²) in [7, 11) is 0. The van der Waals surface area contributed by atoms with Gasteiger partial charge in [-0.15, -0.1) is 0 Å². The van der Waals surface area contributed by atoms with Crippen molar-refractivity contribution in [3.05, 3.63) is 57.5 Å². The minimum atomic E-state index is -1.12. The highest BCUT2D eigenvalue weighted by Crippen LogP contribution is 2.17. The fraction of sp³-hybridized carbons (Fsp3) is 0.154. The van der Waals surface area contributed by atoms with E-state index in [4.69, 9.17) is 10.8 Å². The van der Waals surface area contributed by atoms with Crippen molar-refractivity contribution in [2.24, 2.45) is 0 Å². The maximum absolute atomic E-state index is 11.7. The van der Waals surface area contributed by atoms with Gasteiger partial charge in [0.2, 0.25) is 0 Å². The van der Waals surface area contributed by atoms with Crippen molar-refractivity contribution in [1.29, 1.82) is 0 Å². The number of carbonyl (C=O) groups is 1. The summed E-state index contributed by atoms with van der Waals surface area (Å²) in [5.74, 6) is -1.12. The third-order valence-corrected chi connectivity index (χ3v) is 2.72. The van der Waals surface area contributed by atoms with Crippen LogP contribution in [0.1, 0.15) is 21.5 Å².